The van der Waals surface area contributed by atoms with Crippen LogP contribution in [-0.4, -0.2) is 78.5 Å². The van der Waals surface area contributed by atoms with E-state index in [0.717, 1.165) is 64.2 Å². The molecule has 3 fully saturated rings. The first-order valence-electron chi connectivity index (χ1n) is 10.9. The number of nitrogens with one attached hydrogen (secondary N) is 2. The Morgan fingerprint density at radius 1 is 1.24 bits per heavy atom. The molecule has 2 bridgehead atoms. The molecule has 0 aromatic rings. The number of piperidine rings is 1. The molecule has 0 aliphatic carbocycles. The first kappa shape index (κ1) is 22.5. The zero-order valence-electron chi connectivity index (χ0n) is 18.6. The lowest BCUT2D eigenvalue weighted by molar-refractivity contribution is 0.00544. The van der Waals surface area contributed by atoms with Crippen molar-refractivity contribution in [3.63, 3.8) is 0 Å². The predicted octanol–water partition coefficient (Wildman–Crippen LogP) is 2.99. The van der Waals surface area contributed by atoms with Gasteiger partial charge in [0.2, 0.25) is 0 Å². The van der Waals surface area contributed by atoms with Crippen molar-refractivity contribution >= 4 is 23.8 Å². The normalized spacial score (nSPS) is 29.5. The number of carbonyl (C=O) groups is 1. The van der Waals surface area contributed by atoms with Gasteiger partial charge in [-0.05, 0) is 65.6 Å². The van der Waals surface area contributed by atoms with Crippen LogP contribution in [-0.2, 0) is 9.47 Å². The lowest BCUT2D eigenvalue weighted by Gasteiger charge is -2.40. The van der Waals surface area contributed by atoms with Crippen LogP contribution in [0.2, 0.25) is 0 Å². The molecule has 166 valence electrons. The number of rotatable bonds is 4. The van der Waals surface area contributed by atoms with Crippen molar-refractivity contribution < 1.29 is 14.3 Å². The van der Waals surface area contributed by atoms with Gasteiger partial charge in [0.05, 0.1) is 0 Å². The topological polar surface area (TPSA) is 75.2 Å². The molecule has 0 saturated carbocycles. The molecule has 3 aliphatic heterocycles. The average Bonchev–Trinajstić information content (AvgIpc) is 2.95. The zero-order chi connectivity index (χ0) is 21.1. The Morgan fingerprint density at radius 2 is 1.86 bits per heavy atom. The van der Waals surface area contributed by atoms with E-state index in [0.29, 0.717) is 6.04 Å². The van der Waals surface area contributed by atoms with Crippen LogP contribution in [0.5, 0.6) is 0 Å². The number of ether oxygens (including phenoxy) is 2. The number of carbonyl (C=O) groups excluding carboxylic acids is 1. The maximum atomic E-state index is 12.6. The minimum absolute atomic E-state index is 0.160. The summed E-state index contributed by atoms with van der Waals surface area (Å²) < 4.78 is 11.4. The number of hydrogen-bond acceptors (Lipinski definition) is 5. The number of hydrogen-bond donors (Lipinski definition) is 2. The lowest BCUT2D eigenvalue weighted by atomic mass is 9.97. The maximum absolute atomic E-state index is 12.6. The van der Waals surface area contributed by atoms with Crippen molar-refractivity contribution in [3.8, 4) is 0 Å². The molecule has 2 unspecified atom stereocenters. The van der Waals surface area contributed by atoms with Crippen LogP contribution in [0, 0.1) is 0 Å². The van der Waals surface area contributed by atoms with Crippen molar-refractivity contribution in [1.29, 1.82) is 0 Å². The number of amides is 1. The van der Waals surface area contributed by atoms with Gasteiger partial charge in [-0.2, -0.15) is 11.8 Å². The molecule has 3 aliphatic rings. The summed E-state index contributed by atoms with van der Waals surface area (Å²) in [6, 6.07) is 0.844. The van der Waals surface area contributed by atoms with Crippen LogP contribution in [0.4, 0.5) is 4.79 Å². The highest BCUT2D eigenvalue weighted by Gasteiger charge is 2.45. The third kappa shape index (κ3) is 5.72. The van der Waals surface area contributed by atoms with Crippen LogP contribution < -0.4 is 10.6 Å². The van der Waals surface area contributed by atoms with Gasteiger partial charge in [-0.1, -0.05) is 0 Å². The molecule has 2 atom stereocenters. The second-order valence-electron chi connectivity index (χ2n) is 9.51. The quantitative estimate of drug-likeness (QED) is 0.532. The van der Waals surface area contributed by atoms with E-state index in [1.165, 1.54) is 0 Å². The summed E-state index contributed by atoms with van der Waals surface area (Å²) in [6.45, 7) is 8.34. The number of thioether (sulfide) groups is 1. The largest absolute Gasteiger partial charge is 0.444 e. The van der Waals surface area contributed by atoms with Gasteiger partial charge in [-0.15, -0.1) is 0 Å². The van der Waals surface area contributed by atoms with Gasteiger partial charge in [0.1, 0.15) is 5.60 Å². The predicted molar refractivity (Wildman–Crippen MR) is 119 cm³/mol. The molecular formula is C21H38N4O3S. The number of fused-ring (bicyclic) bond motifs is 2. The first-order chi connectivity index (χ1) is 13.8. The molecule has 7 nitrogen and oxygen atoms in total. The summed E-state index contributed by atoms with van der Waals surface area (Å²) in [7, 11) is 1.83. The average molecular weight is 427 g/mol. The Labute approximate surface area is 179 Å². The van der Waals surface area contributed by atoms with E-state index in [2.05, 4.69) is 21.9 Å². The lowest BCUT2D eigenvalue weighted by Crippen LogP contribution is -2.56. The van der Waals surface area contributed by atoms with Crippen LogP contribution in [0.25, 0.3) is 0 Å². The Hall–Kier alpha value is -1.15. The fourth-order valence-electron chi connectivity index (χ4n) is 4.74. The van der Waals surface area contributed by atoms with Gasteiger partial charge in [-0.25, -0.2) is 4.79 Å². The van der Waals surface area contributed by atoms with E-state index >= 15 is 0 Å². The van der Waals surface area contributed by atoms with E-state index < -0.39 is 5.60 Å². The first-order valence-corrected chi connectivity index (χ1v) is 12.1. The minimum atomic E-state index is -0.449. The van der Waals surface area contributed by atoms with Crippen molar-refractivity contribution in [2.45, 2.75) is 87.8 Å². The maximum Gasteiger partial charge on any atom is 0.410 e. The van der Waals surface area contributed by atoms with Gasteiger partial charge in [-0.3, -0.25) is 4.99 Å². The van der Waals surface area contributed by atoms with Crippen LogP contribution >= 0.6 is 11.8 Å². The van der Waals surface area contributed by atoms with Crippen molar-refractivity contribution in [1.82, 2.24) is 15.5 Å². The van der Waals surface area contributed by atoms with E-state index in [1.54, 1.807) is 0 Å². The fourth-order valence-corrected chi connectivity index (χ4v) is 5.53. The third-order valence-corrected chi connectivity index (χ3v) is 7.74. The molecule has 0 aromatic carbocycles. The van der Waals surface area contributed by atoms with Crippen LogP contribution in [0.15, 0.2) is 4.99 Å². The Bertz CT molecular complexity index is 587. The zero-order valence-corrected chi connectivity index (χ0v) is 19.4. The van der Waals surface area contributed by atoms with Gasteiger partial charge >= 0.3 is 6.09 Å². The molecule has 8 heteroatoms. The van der Waals surface area contributed by atoms with Crippen LogP contribution in [0.3, 0.4) is 0 Å². The second-order valence-corrected chi connectivity index (χ2v) is 10.8. The summed E-state index contributed by atoms with van der Waals surface area (Å²) in [6.07, 6.45) is 8.16. The van der Waals surface area contributed by atoms with E-state index in [1.807, 2.05) is 44.5 Å². The standard InChI is InChI=1S/C21H38N4O3S/c1-20(2,3)28-19(26)25-16-6-7-17(25)13-15(12-16)24-18(22-4)23-14-21(29-5)8-10-27-11-9-21/h15-17H,6-14H2,1-5H3,(H2,22,23,24). The van der Waals surface area contributed by atoms with Crippen molar-refractivity contribution in [2.24, 2.45) is 4.99 Å². The third-order valence-electron chi connectivity index (χ3n) is 6.32. The summed E-state index contributed by atoms with van der Waals surface area (Å²) in [4.78, 5) is 19.1. The van der Waals surface area contributed by atoms with Crippen LogP contribution in [0.1, 0.15) is 59.3 Å². The number of guanidine groups is 1. The van der Waals surface area contributed by atoms with E-state index in [-0.39, 0.29) is 22.9 Å². The second kappa shape index (κ2) is 9.33. The number of aliphatic imine (C=N–C) groups is 1. The molecule has 0 aromatic heterocycles. The van der Waals surface area contributed by atoms with Crippen molar-refractivity contribution in [2.75, 3.05) is 33.1 Å². The highest BCUT2D eigenvalue weighted by molar-refractivity contribution is 8.00. The monoisotopic (exact) mass is 426 g/mol. The summed E-state index contributed by atoms with van der Waals surface area (Å²) in [5, 5.41) is 7.17. The fraction of sp³-hybridized carbons (Fsp3) is 0.905. The Kier molecular flexibility index (Phi) is 7.25. The molecule has 0 spiro atoms. The Balaban J connectivity index is 1.53. The molecule has 3 saturated heterocycles. The smallest absolute Gasteiger partial charge is 0.410 e. The SMILES string of the molecule is CN=C(NCC1(SC)CCOCC1)NC1CC2CCC(C1)N2C(=O)OC(C)(C)C. The number of nitrogens with zero attached hydrogens (tertiary/aromatic N) is 2. The molecule has 29 heavy (non-hydrogen) atoms. The summed E-state index contributed by atoms with van der Waals surface area (Å²) in [5.41, 5.74) is -0.449. The molecule has 1 amide bonds. The van der Waals surface area contributed by atoms with E-state index in [9.17, 15) is 4.79 Å². The Morgan fingerprint density at radius 3 is 2.38 bits per heavy atom. The summed E-state index contributed by atoms with van der Waals surface area (Å²) in [5.74, 6) is 0.861. The van der Waals surface area contributed by atoms with Gasteiger partial charge in [0, 0.05) is 49.7 Å². The molecular weight excluding hydrogens is 388 g/mol. The van der Waals surface area contributed by atoms with Gasteiger partial charge in [0.25, 0.3) is 0 Å². The van der Waals surface area contributed by atoms with Gasteiger partial charge in [0.15, 0.2) is 5.96 Å². The highest BCUT2D eigenvalue weighted by Crippen LogP contribution is 2.37. The van der Waals surface area contributed by atoms with E-state index in [4.69, 9.17) is 9.47 Å². The minimum Gasteiger partial charge on any atom is -0.444 e. The summed E-state index contributed by atoms with van der Waals surface area (Å²) >= 11 is 1.93. The highest BCUT2D eigenvalue weighted by atomic mass is 32.2. The van der Waals surface area contributed by atoms with Gasteiger partial charge < -0.3 is 25.0 Å². The molecule has 3 rings (SSSR count). The molecule has 2 N–H and O–H groups in total. The molecule has 0 radical (unpaired) electrons. The van der Waals surface area contributed by atoms with Crippen molar-refractivity contribution in [3.05, 3.63) is 0 Å². The molecule has 3 heterocycles.